The summed E-state index contributed by atoms with van der Waals surface area (Å²) in [6.45, 7) is 4.09. The molecule has 1 unspecified atom stereocenters. The number of anilines is 3. The van der Waals surface area contributed by atoms with Gasteiger partial charge in [0.1, 0.15) is 29.2 Å². The Morgan fingerprint density at radius 1 is 0.803 bits per heavy atom. The van der Waals surface area contributed by atoms with Gasteiger partial charge in [0.05, 0.1) is 29.1 Å². The van der Waals surface area contributed by atoms with Gasteiger partial charge in [-0.25, -0.2) is 18.9 Å². The highest BCUT2D eigenvalue weighted by Crippen LogP contribution is 2.36. The third-order valence-corrected chi connectivity index (χ3v) is 12.2. The highest BCUT2D eigenvalue weighted by molar-refractivity contribution is 6.23. The van der Waals surface area contributed by atoms with Crippen molar-refractivity contribution in [3.05, 3.63) is 102 Å². The summed E-state index contributed by atoms with van der Waals surface area (Å²) in [7, 11) is 0. The van der Waals surface area contributed by atoms with Crippen LogP contribution in [0.4, 0.5) is 21.7 Å². The fourth-order valence-electron chi connectivity index (χ4n) is 8.95. The molecule has 0 aliphatic carbocycles. The molecule has 4 aliphatic rings. The van der Waals surface area contributed by atoms with Gasteiger partial charge >= 0.3 is 0 Å². The molecule has 3 saturated heterocycles. The number of halogens is 1. The van der Waals surface area contributed by atoms with Crippen molar-refractivity contribution in [1.29, 1.82) is 0 Å². The van der Waals surface area contributed by atoms with Crippen molar-refractivity contribution in [3.63, 3.8) is 0 Å². The molecule has 15 nitrogen and oxygen atoms in total. The lowest BCUT2D eigenvalue weighted by Crippen LogP contribution is -2.54. The second-order valence-corrected chi connectivity index (χ2v) is 16.1. The fourth-order valence-corrected chi connectivity index (χ4v) is 8.95. The molecule has 3 fully saturated rings. The van der Waals surface area contributed by atoms with E-state index >= 15 is 0 Å². The van der Waals surface area contributed by atoms with Crippen LogP contribution >= 0.6 is 0 Å². The molecule has 2 aromatic carbocycles. The third kappa shape index (κ3) is 8.13. The lowest BCUT2D eigenvalue weighted by atomic mass is 10.0. The maximum absolute atomic E-state index is 14.1. The second kappa shape index (κ2) is 17.1. The normalized spacial score (nSPS) is 19.2. The topological polar surface area (TPSA) is 165 Å². The molecular weight excluding hydrogens is 780 g/mol. The fraction of sp³-hybridized carbons (Fsp3) is 0.378. The monoisotopic (exact) mass is 826 g/mol. The van der Waals surface area contributed by atoms with E-state index < -0.39 is 29.7 Å². The first kappa shape index (κ1) is 39.7. The number of amides is 5. The van der Waals surface area contributed by atoms with Crippen LogP contribution in [0.1, 0.15) is 90.1 Å². The molecule has 9 rings (SSSR count). The van der Waals surface area contributed by atoms with Crippen LogP contribution in [-0.4, -0.2) is 104 Å². The number of hydrogen-bond acceptors (Lipinski definition) is 11. The molecule has 2 atom stereocenters. The van der Waals surface area contributed by atoms with E-state index in [0.717, 1.165) is 78.6 Å². The average Bonchev–Trinajstić information content (AvgIpc) is 4.00. The number of unbranched alkanes of at least 4 members (excludes halogenated alkanes) is 3. The van der Waals surface area contributed by atoms with E-state index in [1.54, 1.807) is 36.5 Å². The summed E-state index contributed by atoms with van der Waals surface area (Å²) in [4.78, 5) is 80.1. The van der Waals surface area contributed by atoms with Crippen LogP contribution in [0.3, 0.4) is 0 Å². The number of benzene rings is 2. The van der Waals surface area contributed by atoms with E-state index in [0.29, 0.717) is 50.5 Å². The standard InChI is InChI=1S/C45H47FN10O5/c46-30-9-5-8-29(26-30)35-11-7-21-54(35)40-18-17-38-48-28-37(56(38)51-40)34-10-6-12-39(49-34)52-22-24-53(25-23-52)42(58)13-3-1-2-4-20-47-31-14-15-32-33(27-31)45(61)55(44(32)60)36-16-19-41(57)50-43(36)59/h5-6,8-10,12,14-15,17-18,26-28,35-36,47H,1-4,7,11,13,16,19-25H2,(H,50,57,59)/t35-,36?/m1/s1. The van der Waals surface area contributed by atoms with Gasteiger partial charge in [-0.1, -0.05) is 31.0 Å². The molecule has 16 heteroatoms. The number of carbonyl (C=O) groups excluding carboxylic acids is 5. The quantitative estimate of drug-likeness (QED) is 0.116. The Bertz CT molecular complexity index is 2520. The molecule has 0 spiro atoms. The van der Waals surface area contributed by atoms with Crippen LogP contribution in [0.15, 0.2) is 79.0 Å². The number of rotatable bonds is 13. The summed E-state index contributed by atoms with van der Waals surface area (Å²) in [6.07, 6.45) is 7.91. The Hall–Kier alpha value is -6.71. The zero-order valence-corrected chi connectivity index (χ0v) is 33.8. The number of carbonyl (C=O) groups is 5. The van der Waals surface area contributed by atoms with Crippen LogP contribution < -0.4 is 20.4 Å². The van der Waals surface area contributed by atoms with Gasteiger partial charge in [0.2, 0.25) is 17.7 Å². The SMILES string of the molecule is O=C1CCC(N2C(=O)c3ccc(NCCCCCCC(=O)N4CCN(c5cccc(-c6cnc7ccc(N8CCC[C@@H]8c8cccc(F)c8)nn67)n5)CC4)cc3C2=O)C(=O)N1. The van der Waals surface area contributed by atoms with Crippen LogP contribution in [-0.2, 0) is 14.4 Å². The van der Waals surface area contributed by atoms with Crippen LogP contribution in [0, 0.1) is 5.82 Å². The van der Waals surface area contributed by atoms with E-state index in [1.165, 1.54) is 6.07 Å². The van der Waals surface area contributed by atoms with Gasteiger partial charge < -0.3 is 20.0 Å². The number of nitrogens with one attached hydrogen (secondary N) is 2. The second-order valence-electron chi connectivity index (χ2n) is 16.1. The number of hydrogen-bond donors (Lipinski definition) is 2. The van der Waals surface area contributed by atoms with Gasteiger partial charge in [0.25, 0.3) is 11.8 Å². The molecule has 2 N–H and O–H groups in total. The molecule has 5 amide bonds. The number of imidazole rings is 1. The molecular formula is C45H47FN10O5. The molecule has 314 valence electrons. The maximum atomic E-state index is 14.1. The lowest BCUT2D eigenvalue weighted by molar-refractivity contribution is -0.136. The van der Waals surface area contributed by atoms with E-state index in [2.05, 4.69) is 25.4 Å². The minimum absolute atomic E-state index is 0.0486. The van der Waals surface area contributed by atoms with Crippen molar-refractivity contribution in [1.82, 2.24) is 34.7 Å². The van der Waals surface area contributed by atoms with Crippen molar-refractivity contribution in [2.75, 3.05) is 54.4 Å². The zero-order chi connectivity index (χ0) is 42.0. The van der Waals surface area contributed by atoms with Gasteiger partial charge in [0, 0.05) is 57.8 Å². The lowest BCUT2D eigenvalue weighted by Gasteiger charge is -2.35. The minimum Gasteiger partial charge on any atom is -0.385 e. The average molecular weight is 827 g/mol. The molecule has 0 saturated carbocycles. The Labute approximate surface area is 351 Å². The van der Waals surface area contributed by atoms with Crippen molar-refractivity contribution < 1.29 is 28.4 Å². The molecule has 61 heavy (non-hydrogen) atoms. The maximum Gasteiger partial charge on any atom is 0.262 e. The molecule has 3 aromatic heterocycles. The van der Waals surface area contributed by atoms with Gasteiger partial charge in [-0.3, -0.25) is 34.2 Å². The van der Waals surface area contributed by atoms with Gasteiger partial charge in [0.15, 0.2) is 5.65 Å². The predicted octanol–water partition coefficient (Wildman–Crippen LogP) is 5.38. The summed E-state index contributed by atoms with van der Waals surface area (Å²) in [5.41, 5.74) is 4.40. The highest BCUT2D eigenvalue weighted by Gasteiger charge is 2.44. The number of pyridine rings is 1. The first-order valence-electron chi connectivity index (χ1n) is 21.2. The summed E-state index contributed by atoms with van der Waals surface area (Å²) in [5.74, 6) is -0.521. The smallest absolute Gasteiger partial charge is 0.262 e. The van der Waals surface area contributed by atoms with Crippen LogP contribution in [0.2, 0.25) is 0 Å². The Morgan fingerprint density at radius 3 is 2.46 bits per heavy atom. The van der Waals surface area contributed by atoms with Crippen molar-refractivity contribution in [2.45, 2.75) is 69.9 Å². The van der Waals surface area contributed by atoms with Crippen LogP contribution in [0.5, 0.6) is 0 Å². The summed E-state index contributed by atoms with van der Waals surface area (Å²) in [5, 5.41) is 10.5. The molecule has 0 radical (unpaired) electrons. The van der Waals surface area contributed by atoms with Gasteiger partial charge in [-0.15, -0.1) is 5.10 Å². The number of aromatic nitrogens is 4. The van der Waals surface area contributed by atoms with Crippen molar-refractivity contribution in [2.24, 2.45) is 0 Å². The van der Waals surface area contributed by atoms with Gasteiger partial charge in [-0.05, 0) is 92.3 Å². The summed E-state index contributed by atoms with van der Waals surface area (Å²) >= 11 is 0. The van der Waals surface area contributed by atoms with Crippen molar-refractivity contribution in [3.8, 4) is 11.4 Å². The predicted molar refractivity (Wildman–Crippen MR) is 225 cm³/mol. The van der Waals surface area contributed by atoms with E-state index in [1.807, 2.05) is 45.8 Å². The molecule has 4 aliphatic heterocycles. The Kier molecular flexibility index (Phi) is 11.1. The number of piperazine rings is 1. The first-order chi connectivity index (χ1) is 29.7. The van der Waals surface area contributed by atoms with Crippen LogP contribution in [0.25, 0.3) is 17.0 Å². The highest BCUT2D eigenvalue weighted by atomic mass is 19.1. The first-order valence-corrected chi connectivity index (χ1v) is 21.2. The third-order valence-electron chi connectivity index (χ3n) is 12.2. The minimum atomic E-state index is -0.992. The number of nitrogens with zero attached hydrogens (tertiary/aromatic N) is 8. The van der Waals surface area contributed by atoms with E-state index in [9.17, 15) is 28.4 Å². The zero-order valence-electron chi connectivity index (χ0n) is 33.8. The molecule has 5 aromatic rings. The Balaban J connectivity index is 0.721. The Morgan fingerprint density at radius 2 is 1.62 bits per heavy atom. The molecule has 7 heterocycles. The van der Waals surface area contributed by atoms with Gasteiger partial charge in [-0.2, -0.15) is 0 Å². The number of imide groups is 2. The molecule has 0 bridgehead atoms. The van der Waals surface area contributed by atoms with E-state index in [4.69, 9.17) is 10.1 Å². The summed E-state index contributed by atoms with van der Waals surface area (Å²) < 4.78 is 15.9. The van der Waals surface area contributed by atoms with Crippen molar-refractivity contribution >= 4 is 52.5 Å². The largest absolute Gasteiger partial charge is 0.385 e. The summed E-state index contributed by atoms with van der Waals surface area (Å²) in [6, 6.07) is 20.7. The number of fused-ring (bicyclic) bond motifs is 2. The number of piperidine rings is 1. The van der Waals surface area contributed by atoms with E-state index in [-0.39, 0.29) is 41.7 Å².